The summed E-state index contributed by atoms with van der Waals surface area (Å²) in [6, 6.07) is 14.3. The van der Waals surface area contributed by atoms with Crippen molar-refractivity contribution in [1.82, 2.24) is 9.55 Å². The fraction of sp³-hybridized carbons (Fsp3) is 0.500. The first kappa shape index (κ1) is 25.4. The van der Waals surface area contributed by atoms with Crippen molar-refractivity contribution in [3.63, 3.8) is 0 Å². The van der Waals surface area contributed by atoms with Crippen LogP contribution in [-0.2, 0) is 16.7 Å². The van der Waals surface area contributed by atoms with Crippen molar-refractivity contribution in [2.75, 3.05) is 30.5 Å². The van der Waals surface area contributed by atoms with Gasteiger partial charge in [0.25, 0.3) is 0 Å². The maximum absolute atomic E-state index is 9.01. The van der Waals surface area contributed by atoms with Gasteiger partial charge >= 0.3 is 0 Å². The van der Waals surface area contributed by atoms with E-state index in [1.165, 1.54) is 5.52 Å². The highest BCUT2D eigenvalue weighted by molar-refractivity contribution is 8.00. The van der Waals surface area contributed by atoms with Gasteiger partial charge in [-0.1, -0.05) is 34.1 Å². The summed E-state index contributed by atoms with van der Waals surface area (Å²) >= 11 is 1.64. The molecule has 180 valence electrons. The van der Waals surface area contributed by atoms with Gasteiger partial charge in [0.15, 0.2) is 0 Å². The summed E-state index contributed by atoms with van der Waals surface area (Å²) in [5.41, 5.74) is 6.16. The lowest BCUT2D eigenvalue weighted by Crippen LogP contribution is -2.22. The standard InChI is InChI=1S/C26H38N4O2S/c1-7-19(9-8-16-32-6)18-30-24-15-12-21(17-23(24)27-25(30)26(2,3)4)29(5)33-22-13-10-20(28-31)11-14-22/h10-15,17,19,28,31H,7-9,16,18H2,1-6H3. The third-order valence-corrected chi connectivity index (χ3v) is 6.94. The molecule has 0 aliphatic carbocycles. The van der Waals surface area contributed by atoms with Crippen LogP contribution in [0.25, 0.3) is 11.0 Å². The topological polar surface area (TPSA) is 62.5 Å². The molecule has 3 rings (SSSR count). The molecule has 0 spiro atoms. The molecule has 2 aromatic carbocycles. The van der Waals surface area contributed by atoms with Crippen molar-refractivity contribution in [3.8, 4) is 0 Å². The van der Waals surface area contributed by atoms with Gasteiger partial charge in [0.1, 0.15) is 5.82 Å². The minimum atomic E-state index is -0.0346. The van der Waals surface area contributed by atoms with Crippen LogP contribution in [0.2, 0.25) is 0 Å². The zero-order valence-electron chi connectivity index (χ0n) is 20.8. The highest BCUT2D eigenvalue weighted by Crippen LogP contribution is 2.33. The van der Waals surface area contributed by atoms with Crippen LogP contribution in [0.15, 0.2) is 47.4 Å². The van der Waals surface area contributed by atoms with E-state index in [9.17, 15) is 0 Å². The second-order valence-electron chi connectivity index (χ2n) is 9.60. The molecule has 33 heavy (non-hydrogen) atoms. The molecular weight excluding hydrogens is 432 g/mol. The van der Waals surface area contributed by atoms with Crippen molar-refractivity contribution in [2.24, 2.45) is 5.92 Å². The number of anilines is 2. The van der Waals surface area contributed by atoms with Gasteiger partial charge in [0.2, 0.25) is 0 Å². The van der Waals surface area contributed by atoms with Crippen molar-refractivity contribution in [1.29, 1.82) is 0 Å². The molecule has 1 atom stereocenters. The van der Waals surface area contributed by atoms with E-state index in [0.29, 0.717) is 11.6 Å². The third kappa shape index (κ3) is 6.43. The number of imidazole rings is 1. The molecule has 0 radical (unpaired) electrons. The molecule has 0 aliphatic heterocycles. The number of hydrogen-bond donors (Lipinski definition) is 2. The zero-order chi connectivity index (χ0) is 24.0. The molecule has 6 nitrogen and oxygen atoms in total. The van der Waals surface area contributed by atoms with E-state index in [4.69, 9.17) is 14.9 Å². The Bertz CT molecular complexity index is 1030. The molecule has 1 aromatic heterocycles. The number of methoxy groups -OCH3 is 1. The molecular formula is C26H38N4O2S. The van der Waals surface area contributed by atoms with Crippen LogP contribution >= 0.6 is 11.9 Å². The average molecular weight is 471 g/mol. The Morgan fingerprint density at radius 3 is 2.52 bits per heavy atom. The molecule has 0 saturated heterocycles. The minimum Gasteiger partial charge on any atom is -0.385 e. The highest BCUT2D eigenvalue weighted by atomic mass is 32.2. The Balaban J connectivity index is 1.87. The normalized spacial score (nSPS) is 12.8. The predicted molar refractivity (Wildman–Crippen MR) is 139 cm³/mol. The number of nitrogens with one attached hydrogen (secondary N) is 1. The van der Waals surface area contributed by atoms with Gasteiger partial charge in [-0.2, -0.15) is 0 Å². The summed E-state index contributed by atoms with van der Waals surface area (Å²) < 4.78 is 9.86. The molecule has 2 N–H and O–H groups in total. The van der Waals surface area contributed by atoms with Crippen molar-refractivity contribution < 1.29 is 9.94 Å². The third-order valence-electron chi connectivity index (χ3n) is 5.97. The Kier molecular flexibility index (Phi) is 8.68. The van der Waals surface area contributed by atoms with Crippen LogP contribution in [0.5, 0.6) is 0 Å². The van der Waals surface area contributed by atoms with Gasteiger partial charge in [0, 0.05) is 43.3 Å². The van der Waals surface area contributed by atoms with Crippen LogP contribution in [0.4, 0.5) is 11.4 Å². The largest absolute Gasteiger partial charge is 0.385 e. The van der Waals surface area contributed by atoms with Crippen LogP contribution < -0.4 is 9.79 Å². The summed E-state index contributed by atoms with van der Waals surface area (Å²) in [5.74, 6) is 1.75. The molecule has 3 aromatic rings. The summed E-state index contributed by atoms with van der Waals surface area (Å²) in [5, 5.41) is 9.01. The van der Waals surface area contributed by atoms with Crippen LogP contribution in [0.1, 0.15) is 52.8 Å². The van der Waals surface area contributed by atoms with Crippen LogP contribution in [0.3, 0.4) is 0 Å². The van der Waals surface area contributed by atoms with Gasteiger partial charge in [0.05, 0.1) is 16.7 Å². The van der Waals surface area contributed by atoms with E-state index in [2.05, 4.69) is 67.3 Å². The molecule has 0 amide bonds. The summed E-state index contributed by atoms with van der Waals surface area (Å²) in [4.78, 5) is 6.20. The maximum atomic E-state index is 9.01. The summed E-state index contributed by atoms with van der Waals surface area (Å²) in [6.45, 7) is 10.8. The Morgan fingerprint density at radius 1 is 1.18 bits per heavy atom. The molecule has 0 fully saturated rings. The number of nitrogens with zero attached hydrogens (tertiary/aromatic N) is 3. The first-order chi connectivity index (χ1) is 15.8. The van der Waals surface area contributed by atoms with E-state index in [0.717, 1.165) is 54.3 Å². The Morgan fingerprint density at radius 2 is 1.91 bits per heavy atom. The SMILES string of the molecule is CCC(CCCOC)Cn1c(C(C)(C)C)nc2cc(N(C)Sc3ccc(NO)cc3)ccc21. The monoisotopic (exact) mass is 470 g/mol. The van der Waals surface area contributed by atoms with Gasteiger partial charge < -0.3 is 13.6 Å². The van der Waals surface area contributed by atoms with E-state index in [1.807, 2.05) is 24.3 Å². The summed E-state index contributed by atoms with van der Waals surface area (Å²) in [6.07, 6.45) is 3.40. The van der Waals surface area contributed by atoms with Gasteiger partial charge in [-0.15, -0.1) is 0 Å². The second-order valence-corrected chi connectivity index (χ2v) is 10.8. The maximum Gasteiger partial charge on any atom is 0.115 e. The number of ether oxygens (including phenoxy) is 1. The lowest BCUT2D eigenvalue weighted by atomic mass is 9.94. The van der Waals surface area contributed by atoms with Gasteiger partial charge in [-0.25, -0.2) is 4.98 Å². The Labute approximate surface area is 202 Å². The molecule has 0 saturated carbocycles. The number of fused-ring (bicyclic) bond motifs is 1. The fourth-order valence-corrected chi connectivity index (χ4v) is 4.86. The van der Waals surface area contributed by atoms with E-state index >= 15 is 0 Å². The van der Waals surface area contributed by atoms with E-state index < -0.39 is 0 Å². The zero-order valence-corrected chi connectivity index (χ0v) is 21.6. The molecule has 1 heterocycles. The number of hydrogen-bond acceptors (Lipinski definition) is 6. The first-order valence-electron chi connectivity index (χ1n) is 11.7. The highest BCUT2D eigenvalue weighted by Gasteiger charge is 2.24. The Hall–Kier alpha value is -2.22. The van der Waals surface area contributed by atoms with Crippen molar-refractivity contribution in [3.05, 3.63) is 48.3 Å². The quantitative estimate of drug-likeness (QED) is 0.184. The smallest absolute Gasteiger partial charge is 0.115 e. The lowest BCUT2D eigenvalue weighted by molar-refractivity contribution is 0.184. The molecule has 0 aliphatic rings. The predicted octanol–water partition coefficient (Wildman–Crippen LogP) is 6.73. The van der Waals surface area contributed by atoms with E-state index in [1.54, 1.807) is 19.1 Å². The fourth-order valence-electron chi connectivity index (χ4n) is 4.07. The van der Waals surface area contributed by atoms with Gasteiger partial charge in [-0.3, -0.25) is 10.7 Å². The molecule has 7 heteroatoms. The van der Waals surface area contributed by atoms with E-state index in [-0.39, 0.29) is 5.41 Å². The summed E-state index contributed by atoms with van der Waals surface area (Å²) in [7, 11) is 3.84. The first-order valence-corrected chi connectivity index (χ1v) is 12.5. The van der Waals surface area contributed by atoms with Crippen LogP contribution in [-0.4, -0.2) is 35.5 Å². The molecule has 0 bridgehead atoms. The number of benzene rings is 2. The minimum absolute atomic E-state index is 0.0346. The van der Waals surface area contributed by atoms with Crippen molar-refractivity contribution in [2.45, 2.75) is 63.8 Å². The van der Waals surface area contributed by atoms with Crippen LogP contribution in [0, 0.1) is 5.92 Å². The number of rotatable bonds is 11. The lowest BCUT2D eigenvalue weighted by Gasteiger charge is -2.23. The van der Waals surface area contributed by atoms with Gasteiger partial charge in [-0.05, 0) is 73.2 Å². The van der Waals surface area contributed by atoms with Crippen molar-refractivity contribution >= 4 is 34.4 Å². The average Bonchev–Trinajstić information content (AvgIpc) is 3.17. The number of aromatic nitrogens is 2. The second kappa shape index (κ2) is 11.3. The molecule has 1 unspecified atom stereocenters.